The molecule has 27 heavy (non-hydrogen) atoms. The van der Waals surface area contributed by atoms with Gasteiger partial charge in [0.15, 0.2) is 0 Å². The van der Waals surface area contributed by atoms with Gasteiger partial charge in [-0.1, -0.05) is 31.4 Å². The van der Waals surface area contributed by atoms with Crippen molar-refractivity contribution in [2.75, 3.05) is 31.1 Å². The van der Waals surface area contributed by atoms with Crippen LogP contribution in [0.4, 0.5) is 5.69 Å². The molecule has 1 N–H and O–H groups in total. The molecule has 5 heteroatoms. The summed E-state index contributed by atoms with van der Waals surface area (Å²) in [6.07, 6.45) is 7.18. The Balaban J connectivity index is 1.34. The highest BCUT2D eigenvalue weighted by Gasteiger charge is 2.58. The first-order valence-corrected chi connectivity index (χ1v) is 10.5. The SMILES string of the molecule is Cc1cccc(N2CCN(C(=O)C3(C(=O)NC4CCCCC4)CC3)CC2)c1. The molecule has 0 bridgehead atoms. The number of hydrogen-bond donors (Lipinski definition) is 1. The highest BCUT2D eigenvalue weighted by Crippen LogP contribution is 2.48. The standard InChI is InChI=1S/C22H31N3O2/c1-17-6-5-9-19(16-17)24-12-14-25(15-13-24)21(27)22(10-11-22)20(26)23-18-7-3-2-4-8-18/h5-6,9,16,18H,2-4,7-8,10-15H2,1H3,(H,23,26). The molecule has 0 atom stereocenters. The van der Waals surface area contributed by atoms with Gasteiger partial charge in [0.1, 0.15) is 5.41 Å². The predicted molar refractivity (Wildman–Crippen MR) is 107 cm³/mol. The van der Waals surface area contributed by atoms with Gasteiger partial charge in [0.25, 0.3) is 0 Å². The number of amides is 2. The lowest BCUT2D eigenvalue weighted by Gasteiger charge is -2.38. The number of nitrogens with one attached hydrogen (secondary N) is 1. The lowest BCUT2D eigenvalue weighted by Crippen LogP contribution is -2.54. The van der Waals surface area contributed by atoms with Crippen molar-refractivity contribution in [3.8, 4) is 0 Å². The molecule has 1 aromatic rings. The third kappa shape index (κ3) is 3.83. The van der Waals surface area contributed by atoms with E-state index in [0.29, 0.717) is 25.9 Å². The number of hydrogen-bond acceptors (Lipinski definition) is 3. The van der Waals surface area contributed by atoms with Crippen LogP contribution in [0.2, 0.25) is 0 Å². The van der Waals surface area contributed by atoms with Crippen LogP contribution in [0, 0.1) is 12.3 Å². The van der Waals surface area contributed by atoms with E-state index in [9.17, 15) is 9.59 Å². The van der Waals surface area contributed by atoms with Crippen molar-refractivity contribution < 1.29 is 9.59 Å². The summed E-state index contributed by atoms with van der Waals surface area (Å²) >= 11 is 0. The van der Waals surface area contributed by atoms with Gasteiger partial charge in [-0.3, -0.25) is 9.59 Å². The molecule has 3 aliphatic rings. The minimum atomic E-state index is -0.761. The second-order valence-electron chi connectivity index (χ2n) is 8.51. The Kier molecular flexibility index (Phi) is 5.11. The van der Waals surface area contributed by atoms with Crippen molar-refractivity contribution in [2.45, 2.75) is 57.9 Å². The number of benzene rings is 1. The molecule has 0 spiro atoms. The normalized spacial score (nSPS) is 22.4. The zero-order chi connectivity index (χ0) is 18.9. The first kappa shape index (κ1) is 18.3. The molecule has 2 amide bonds. The van der Waals surface area contributed by atoms with Crippen LogP contribution in [0.5, 0.6) is 0 Å². The number of carbonyl (C=O) groups is 2. The fourth-order valence-corrected chi connectivity index (χ4v) is 4.53. The van der Waals surface area contributed by atoms with E-state index < -0.39 is 5.41 Å². The lowest BCUT2D eigenvalue weighted by atomic mass is 9.94. The molecule has 1 aliphatic heterocycles. The summed E-state index contributed by atoms with van der Waals surface area (Å²) in [7, 11) is 0. The third-order valence-corrected chi connectivity index (χ3v) is 6.47. The van der Waals surface area contributed by atoms with E-state index in [1.807, 2.05) is 4.90 Å². The monoisotopic (exact) mass is 369 g/mol. The molecular formula is C22H31N3O2. The van der Waals surface area contributed by atoms with Crippen LogP contribution in [0.3, 0.4) is 0 Å². The Hall–Kier alpha value is -2.04. The molecule has 1 heterocycles. The Bertz CT molecular complexity index is 699. The Morgan fingerprint density at radius 1 is 1.04 bits per heavy atom. The highest BCUT2D eigenvalue weighted by atomic mass is 16.2. The van der Waals surface area contributed by atoms with E-state index in [1.54, 1.807) is 0 Å². The number of anilines is 1. The first-order valence-electron chi connectivity index (χ1n) is 10.5. The molecule has 1 saturated heterocycles. The van der Waals surface area contributed by atoms with Gasteiger partial charge in [-0.25, -0.2) is 0 Å². The maximum atomic E-state index is 13.1. The maximum absolute atomic E-state index is 13.1. The van der Waals surface area contributed by atoms with Gasteiger partial charge in [-0.15, -0.1) is 0 Å². The summed E-state index contributed by atoms with van der Waals surface area (Å²) < 4.78 is 0. The highest BCUT2D eigenvalue weighted by molar-refractivity contribution is 6.08. The van der Waals surface area contributed by atoms with Crippen molar-refractivity contribution in [3.05, 3.63) is 29.8 Å². The summed E-state index contributed by atoms with van der Waals surface area (Å²) in [6, 6.07) is 8.78. The second-order valence-corrected chi connectivity index (χ2v) is 8.51. The summed E-state index contributed by atoms with van der Waals surface area (Å²) in [5.74, 6) is 0.0419. The molecule has 146 valence electrons. The Morgan fingerprint density at radius 3 is 2.37 bits per heavy atom. The fourth-order valence-electron chi connectivity index (χ4n) is 4.53. The smallest absolute Gasteiger partial charge is 0.238 e. The van der Waals surface area contributed by atoms with Crippen molar-refractivity contribution >= 4 is 17.5 Å². The van der Waals surface area contributed by atoms with Crippen molar-refractivity contribution in [1.29, 1.82) is 0 Å². The van der Waals surface area contributed by atoms with Crippen LogP contribution in [0.25, 0.3) is 0 Å². The zero-order valence-electron chi connectivity index (χ0n) is 16.4. The van der Waals surface area contributed by atoms with E-state index in [-0.39, 0.29) is 17.9 Å². The summed E-state index contributed by atoms with van der Waals surface area (Å²) in [5, 5.41) is 3.19. The minimum absolute atomic E-state index is 0.0134. The van der Waals surface area contributed by atoms with Gasteiger partial charge >= 0.3 is 0 Å². The van der Waals surface area contributed by atoms with Gasteiger partial charge in [0, 0.05) is 37.9 Å². The molecule has 2 aliphatic carbocycles. The van der Waals surface area contributed by atoms with Crippen LogP contribution in [-0.2, 0) is 9.59 Å². The van der Waals surface area contributed by atoms with E-state index >= 15 is 0 Å². The summed E-state index contributed by atoms with van der Waals surface area (Å²) in [6.45, 7) is 5.16. The molecule has 4 rings (SSSR count). The maximum Gasteiger partial charge on any atom is 0.238 e. The van der Waals surface area contributed by atoms with E-state index in [1.165, 1.54) is 30.5 Å². The van der Waals surface area contributed by atoms with Crippen molar-refractivity contribution in [1.82, 2.24) is 10.2 Å². The number of carbonyl (C=O) groups excluding carboxylic acids is 2. The third-order valence-electron chi connectivity index (χ3n) is 6.47. The average molecular weight is 370 g/mol. The van der Waals surface area contributed by atoms with Gasteiger partial charge in [-0.05, 0) is 50.3 Å². The van der Waals surface area contributed by atoms with Crippen LogP contribution in [0.15, 0.2) is 24.3 Å². The molecule has 5 nitrogen and oxygen atoms in total. The summed E-state index contributed by atoms with van der Waals surface area (Å²) in [4.78, 5) is 30.2. The minimum Gasteiger partial charge on any atom is -0.368 e. The zero-order valence-corrected chi connectivity index (χ0v) is 16.4. The predicted octanol–water partition coefficient (Wildman–Crippen LogP) is 2.87. The summed E-state index contributed by atoms with van der Waals surface area (Å²) in [5.41, 5.74) is 1.71. The second kappa shape index (κ2) is 7.53. The Labute approximate surface area is 162 Å². The van der Waals surface area contributed by atoms with Gasteiger partial charge in [-0.2, -0.15) is 0 Å². The molecule has 0 aromatic heterocycles. The fraction of sp³-hybridized carbons (Fsp3) is 0.636. The molecule has 0 unspecified atom stereocenters. The Morgan fingerprint density at radius 2 is 1.74 bits per heavy atom. The molecule has 2 saturated carbocycles. The van der Waals surface area contributed by atoms with E-state index in [4.69, 9.17) is 0 Å². The van der Waals surface area contributed by atoms with E-state index in [2.05, 4.69) is 41.4 Å². The van der Waals surface area contributed by atoms with Crippen LogP contribution < -0.4 is 10.2 Å². The van der Waals surface area contributed by atoms with Gasteiger partial charge < -0.3 is 15.1 Å². The molecule has 3 fully saturated rings. The lowest BCUT2D eigenvalue weighted by molar-refractivity contribution is -0.144. The van der Waals surface area contributed by atoms with Crippen LogP contribution in [-0.4, -0.2) is 48.9 Å². The van der Waals surface area contributed by atoms with Crippen molar-refractivity contribution in [3.63, 3.8) is 0 Å². The van der Waals surface area contributed by atoms with E-state index in [0.717, 1.165) is 25.9 Å². The average Bonchev–Trinajstić information content (AvgIpc) is 3.50. The van der Waals surface area contributed by atoms with Gasteiger partial charge in [0.05, 0.1) is 0 Å². The van der Waals surface area contributed by atoms with Gasteiger partial charge in [0.2, 0.25) is 11.8 Å². The number of rotatable bonds is 4. The number of piperazine rings is 1. The largest absolute Gasteiger partial charge is 0.368 e. The van der Waals surface area contributed by atoms with Crippen LogP contribution >= 0.6 is 0 Å². The molecule has 0 radical (unpaired) electrons. The molecule has 1 aromatic carbocycles. The number of aryl methyl sites for hydroxylation is 1. The number of nitrogens with zero attached hydrogens (tertiary/aromatic N) is 2. The first-order chi connectivity index (χ1) is 13.1. The van der Waals surface area contributed by atoms with Crippen LogP contribution in [0.1, 0.15) is 50.5 Å². The topological polar surface area (TPSA) is 52.7 Å². The quantitative estimate of drug-likeness (QED) is 0.831. The molecular weight excluding hydrogens is 338 g/mol. The van der Waals surface area contributed by atoms with Crippen molar-refractivity contribution in [2.24, 2.45) is 5.41 Å².